The number of Topliss-reactive ketones (excluding diaryl/α,β-unsaturated/α-hetero) is 1. The van der Waals surface area contributed by atoms with Crippen LogP contribution in [0.25, 0.3) is 0 Å². The number of fused-ring (bicyclic) bond motifs is 1. The van der Waals surface area contributed by atoms with Gasteiger partial charge in [-0.2, -0.15) is 0 Å². The molecule has 100 valence electrons. The fourth-order valence-corrected chi connectivity index (χ4v) is 2.34. The Bertz CT molecular complexity index is 585. The highest BCUT2D eigenvalue weighted by Gasteiger charge is 2.32. The highest BCUT2D eigenvalue weighted by atomic mass is 16.5. The first-order valence-electron chi connectivity index (χ1n) is 5.83. The first-order valence-corrected chi connectivity index (χ1v) is 5.83. The van der Waals surface area contributed by atoms with Gasteiger partial charge >= 0.3 is 5.97 Å². The number of benzene rings is 1. The number of carbonyl (C=O) groups is 2. The van der Waals surface area contributed by atoms with Gasteiger partial charge in [0.2, 0.25) is 5.76 Å². The van der Waals surface area contributed by atoms with Crippen molar-refractivity contribution in [3.05, 3.63) is 40.7 Å². The third-order valence-corrected chi connectivity index (χ3v) is 3.28. The number of methoxy groups -OCH3 is 1. The van der Waals surface area contributed by atoms with Gasteiger partial charge in [-0.05, 0) is 36.1 Å². The van der Waals surface area contributed by atoms with Crippen LogP contribution in [0, 0.1) is 5.92 Å². The van der Waals surface area contributed by atoms with E-state index in [9.17, 15) is 14.7 Å². The molecule has 2 N–H and O–H groups in total. The summed E-state index contributed by atoms with van der Waals surface area (Å²) in [7, 11) is 1.54. The number of aliphatic carboxylic acids is 1. The number of aliphatic hydroxyl groups is 1. The minimum Gasteiger partial charge on any atom is -0.502 e. The standard InChI is InChI=1S/C14H14O5/c1-7-5-8-6-9(19-2)3-4-10(8)12(15)11(7)13(16)14(17)18/h3-4,6-7,16H,5H2,1-2H3,(H,17,18)/b13-11-. The number of carboxylic acids is 1. The molecular formula is C14H14O5. The molecule has 0 aromatic heterocycles. The second-order valence-corrected chi connectivity index (χ2v) is 4.52. The lowest BCUT2D eigenvalue weighted by atomic mass is 9.79. The van der Waals surface area contributed by atoms with Crippen molar-refractivity contribution in [2.75, 3.05) is 7.11 Å². The van der Waals surface area contributed by atoms with E-state index < -0.39 is 17.5 Å². The van der Waals surface area contributed by atoms with Gasteiger partial charge in [-0.15, -0.1) is 0 Å². The molecule has 1 unspecified atom stereocenters. The summed E-state index contributed by atoms with van der Waals surface area (Å²) in [5.74, 6) is -2.47. The summed E-state index contributed by atoms with van der Waals surface area (Å²) in [6, 6.07) is 5.00. The summed E-state index contributed by atoms with van der Waals surface area (Å²) in [4.78, 5) is 23.1. The molecule has 0 fully saturated rings. The molecule has 0 amide bonds. The second kappa shape index (κ2) is 4.76. The van der Waals surface area contributed by atoms with Crippen molar-refractivity contribution >= 4 is 11.8 Å². The zero-order chi connectivity index (χ0) is 14.2. The predicted molar refractivity (Wildman–Crippen MR) is 67.5 cm³/mol. The summed E-state index contributed by atoms with van der Waals surface area (Å²) in [6.45, 7) is 1.72. The number of ketones is 1. The fraction of sp³-hybridized carbons (Fsp3) is 0.286. The van der Waals surface area contributed by atoms with Crippen LogP contribution in [0.2, 0.25) is 0 Å². The molecule has 0 heterocycles. The lowest BCUT2D eigenvalue weighted by Crippen LogP contribution is -2.25. The van der Waals surface area contributed by atoms with Crippen LogP contribution in [0.4, 0.5) is 0 Å². The first-order chi connectivity index (χ1) is 8.95. The predicted octanol–water partition coefficient (Wildman–Crippen LogP) is 1.97. The van der Waals surface area contributed by atoms with Crippen molar-refractivity contribution in [1.29, 1.82) is 0 Å². The Morgan fingerprint density at radius 3 is 2.63 bits per heavy atom. The van der Waals surface area contributed by atoms with Gasteiger partial charge in [-0.3, -0.25) is 4.79 Å². The summed E-state index contributed by atoms with van der Waals surface area (Å²) >= 11 is 0. The van der Waals surface area contributed by atoms with Crippen LogP contribution < -0.4 is 4.74 Å². The zero-order valence-corrected chi connectivity index (χ0v) is 10.6. The molecule has 0 aliphatic heterocycles. The van der Waals surface area contributed by atoms with Crippen LogP contribution in [0.1, 0.15) is 22.8 Å². The average Bonchev–Trinajstić information content (AvgIpc) is 2.37. The minimum atomic E-state index is -1.48. The molecule has 1 atom stereocenters. The lowest BCUT2D eigenvalue weighted by molar-refractivity contribution is -0.135. The van der Waals surface area contributed by atoms with Crippen LogP contribution in [-0.2, 0) is 11.2 Å². The van der Waals surface area contributed by atoms with Crippen molar-refractivity contribution in [1.82, 2.24) is 0 Å². The Balaban J connectivity index is 2.55. The van der Waals surface area contributed by atoms with Gasteiger partial charge < -0.3 is 14.9 Å². The Morgan fingerprint density at radius 1 is 1.37 bits per heavy atom. The zero-order valence-electron chi connectivity index (χ0n) is 10.6. The molecule has 2 rings (SSSR count). The SMILES string of the molecule is COc1ccc2c(c1)CC(C)/C(=C(/O)C(=O)O)C2=O. The van der Waals surface area contributed by atoms with Crippen molar-refractivity contribution in [2.45, 2.75) is 13.3 Å². The van der Waals surface area contributed by atoms with Crippen molar-refractivity contribution in [3.63, 3.8) is 0 Å². The van der Waals surface area contributed by atoms with Gasteiger partial charge in [0.15, 0.2) is 5.78 Å². The fourth-order valence-electron chi connectivity index (χ4n) is 2.34. The molecule has 5 heteroatoms. The Kier molecular flexibility index (Phi) is 3.29. The molecule has 0 saturated carbocycles. The van der Waals surface area contributed by atoms with Gasteiger partial charge in [-0.1, -0.05) is 6.92 Å². The number of hydrogen-bond donors (Lipinski definition) is 2. The van der Waals surface area contributed by atoms with Gasteiger partial charge in [0.05, 0.1) is 12.7 Å². The van der Waals surface area contributed by atoms with Gasteiger partial charge in [0, 0.05) is 5.56 Å². The number of aliphatic hydroxyl groups excluding tert-OH is 1. The highest BCUT2D eigenvalue weighted by molar-refractivity contribution is 6.14. The van der Waals surface area contributed by atoms with E-state index in [1.165, 1.54) is 7.11 Å². The molecule has 1 aliphatic carbocycles. The Morgan fingerprint density at radius 2 is 2.05 bits per heavy atom. The maximum Gasteiger partial charge on any atom is 0.371 e. The summed E-state index contributed by atoms with van der Waals surface area (Å²) in [6.07, 6.45) is 0.491. The number of allylic oxidation sites excluding steroid dienone is 1. The highest BCUT2D eigenvalue weighted by Crippen LogP contribution is 2.33. The molecule has 1 aliphatic rings. The van der Waals surface area contributed by atoms with Crippen molar-refractivity contribution in [2.24, 2.45) is 5.92 Å². The maximum absolute atomic E-state index is 12.3. The normalized spacial score (nSPS) is 20.7. The van der Waals surface area contributed by atoms with E-state index in [4.69, 9.17) is 9.84 Å². The first kappa shape index (κ1) is 13.1. The maximum atomic E-state index is 12.3. The number of rotatable bonds is 2. The minimum absolute atomic E-state index is 0.0369. The largest absolute Gasteiger partial charge is 0.502 e. The van der Waals surface area contributed by atoms with Crippen molar-refractivity contribution < 1.29 is 24.5 Å². The number of carbonyl (C=O) groups excluding carboxylic acids is 1. The topological polar surface area (TPSA) is 83.8 Å². The van der Waals surface area contributed by atoms with E-state index in [1.807, 2.05) is 0 Å². The third kappa shape index (κ3) is 2.19. The van der Waals surface area contributed by atoms with E-state index in [1.54, 1.807) is 25.1 Å². The summed E-state index contributed by atoms with van der Waals surface area (Å²) in [5, 5.41) is 18.4. The summed E-state index contributed by atoms with van der Waals surface area (Å²) in [5.41, 5.74) is 1.19. The average molecular weight is 262 g/mol. The van der Waals surface area contributed by atoms with Gasteiger partial charge in [0.25, 0.3) is 0 Å². The molecule has 5 nitrogen and oxygen atoms in total. The molecule has 0 spiro atoms. The van der Waals surface area contributed by atoms with Gasteiger partial charge in [-0.25, -0.2) is 4.79 Å². The monoisotopic (exact) mass is 262 g/mol. The number of ether oxygens (including phenoxy) is 1. The molecule has 0 bridgehead atoms. The summed E-state index contributed by atoms with van der Waals surface area (Å²) < 4.78 is 5.10. The molecule has 1 aromatic carbocycles. The second-order valence-electron chi connectivity index (χ2n) is 4.52. The van der Waals surface area contributed by atoms with E-state index in [0.717, 1.165) is 5.56 Å². The van der Waals surface area contributed by atoms with E-state index in [2.05, 4.69) is 0 Å². The number of carboxylic acid groups (broad SMARTS) is 1. The molecule has 0 saturated heterocycles. The lowest BCUT2D eigenvalue weighted by Gasteiger charge is -2.24. The van der Waals surface area contributed by atoms with Gasteiger partial charge in [0.1, 0.15) is 5.75 Å². The van der Waals surface area contributed by atoms with Crippen LogP contribution in [0.3, 0.4) is 0 Å². The van der Waals surface area contributed by atoms with Crippen LogP contribution in [0.15, 0.2) is 29.5 Å². The van der Waals surface area contributed by atoms with Crippen LogP contribution >= 0.6 is 0 Å². The van der Waals surface area contributed by atoms with Crippen LogP contribution in [0.5, 0.6) is 5.75 Å². The van der Waals surface area contributed by atoms with E-state index >= 15 is 0 Å². The van der Waals surface area contributed by atoms with E-state index in [-0.39, 0.29) is 11.5 Å². The quantitative estimate of drug-likeness (QED) is 0.628. The molecule has 0 radical (unpaired) electrons. The third-order valence-electron chi connectivity index (χ3n) is 3.28. The van der Waals surface area contributed by atoms with Crippen LogP contribution in [-0.4, -0.2) is 29.1 Å². The van der Waals surface area contributed by atoms with Crippen molar-refractivity contribution in [3.8, 4) is 5.75 Å². The molecule has 1 aromatic rings. The Labute approximate surface area is 110 Å². The smallest absolute Gasteiger partial charge is 0.371 e. The molecular weight excluding hydrogens is 248 g/mol. The van der Waals surface area contributed by atoms with E-state index in [0.29, 0.717) is 17.7 Å². The number of hydrogen-bond acceptors (Lipinski definition) is 4. The molecule has 19 heavy (non-hydrogen) atoms. The Hall–Kier alpha value is -2.30.